The Kier molecular flexibility index (Phi) is 9.37. The number of halogens is 8. The minimum atomic E-state index is -5.01. The van der Waals surface area contributed by atoms with E-state index in [1.807, 2.05) is 13.0 Å². The summed E-state index contributed by atoms with van der Waals surface area (Å²) >= 11 is 0. The molecule has 43 heavy (non-hydrogen) atoms. The standard InChI is InChI=1S/C34H34F8O/c1-2-3-19-4-7-22(27(35)17-19)8-5-20-6-14-25-26(16-20)32(38)33(39)30(31(25)37)23-11-9-21(10-12-23)24-13-15-29(28(36)18-24)43-34(40,41)42/h4,7,13,15,17-18,20-21,23H,2-3,5-6,8-12,14,16H2,1H3. The first-order chi connectivity index (χ1) is 20.4. The second-order valence-electron chi connectivity index (χ2n) is 11.9. The number of benzene rings is 3. The maximum absolute atomic E-state index is 15.8. The van der Waals surface area contributed by atoms with Gasteiger partial charge in [-0.15, -0.1) is 13.2 Å². The lowest BCUT2D eigenvalue weighted by molar-refractivity contribution is -0.275. The lowest BCUT2D eigenvalue weighted by Gasteiger charge is -2.32. The molecular formula is C34H34F8O. The fourth-order valence-corrected chi connectivity index (χ4v) is 6.88. The highest BCUT2D eigenvalue weighted by molar-refractivity contribution is 5.41. The van der Waals surface area contributed by atoms with Crippen molar-refractivity contribution in [1.82, 2.24) is 0 Å². The van der Waals surface area contributed by atoms with E-state index in [0.717, 1.165) is 30.5 Å². The Morgan fingerprint density at radius 2 is 1.47 bits per heavy atom. The third-order valence-corrected chi connectivity index (χ3v) is 9.12. The Morgan fingerprint density at radius 1 is 0.744 bits per heavy atom. The molecule has 0 spiro atoms. The maximum atomic E-state index is 15.8. The summed E-state index contributed by atoms with van der Waals surface area (Å²) in [6, 6.07) is 8.54. The highest BCUT2D eigenvalue weighted by Crippen LogP contribution is 2.45. The normalized spacial score (nSPS) is 20.6. The van der Waals surface area contributed by atoms with Crippen molar-refractivity contribution in [3.8, 4) is 5.75 Å². The highest BCUT2D eigenvalue weighted by atomic mass is 19.4. The molecule has 0 amide bonds. The number of ether oxygens (including phenoxy) is 1. The van der Waals surface area contributed by atoms with Gasteiger partial charge in [-0.1, -0.05) is 31.5 Å². The van der Waals surface area contributed by atoms with Crippen molar-refractivity contribution >= 4 is 0 Å². The monoisotopic (exact) mass is 610 g/mol. The van der Waals surface area contributed by atoms with Crippen LogP contribution >= 0.6 is 0 Å². The van der Waals surface area contributed by atoms with Gasteiger partial charge in [0.15, 0.2) is 23.2 Å². The smallest absolute Gasteiger partial charge is 0.403 e. The summed E-state index contributed by atoms with van der Waals surface area (Å²) in [6.45, 7) is 2.03. The van der Waals surface area contributed by atoms with Gasteiger partial charge in [-0.05, 0) is 128 Å². The van der Waals surface area contributed by atoms with Gasteiger partial charge >= 0.3 is 6.36 Å². The molecule has 2 aliphatic rings. The summed E-state index contributed by atoms with van der Waals surface area (Å²) in [5, 5.41) is 0. The van der Waals surface area contributed by atoms with E-state index in [9.17, 15) is 22.0 Å². The molecule has 2 aliphatic carbocycles. The first-order valence-electron chi connectivity index (χ1n) is 15.0. The summed E-state index contributed by atoms with van der Waals surface area (Å²) in [4.78, 5) is 0. The van der Waals surface area contributed by atoms with Crippen LogP contribution in [0.5, 0.6) is 5.75 Å². The van der Waals surface area contributed by atoms with Crippen molar-refractivity contribution in [3.05, 3.63) is 98.9 Å². The van der Waals surface area contributed by atoms with Crippen molar-refractivity contribution in [2.45, 2.75) is 95.8 Å². The Morgan fingerprint density at radius 3 is 2.12 bits per heavy atom. The molecular weight excluding hydrogens is 576 g/mol. The van der Waals surface area contributed by atoms with E-state index < -0.39 is 41.3 Å². The van der Waals surface area contributed by atoms with Crippen LogP contribution in [0.3, 0.4) is 0 Å². The van der Waals surface area contributed by atoms with Gasteiger partial charge in [0.1, 0.15) is 11.6 Å². The quantitative estimate of drug-likeness (QED) is 0.182. The zero-order chi connectivity index (χ0) is 30.9. The summed E-state index contributed by atoms with van der Waals surface area (Å²) in [5.74, 6) is -6.01. The molecule has 0 radical (unpaired) electrons. The lowest BCUT2D eigenvalue weighted by Crippen LogP contribution is -2.23. The van der Waals surface area contributed by atoms with Gasteiger partial charge in [-0.3, -0.25) is 0 Å². The van der Waals surface area contributed by atoms with Crippen LogP contribution in [0.2, 0.25) is 0 Å². The first-order valence-corrected chi connectivity index (χ1v) is 15.0. The molecule has 0 heterocycles. The van der Waals surface area contributed by atoms with Gasteiger partial charge in [0.25, 0.3) is 0 Å². The Hall–Kier alpha value is -3.10. The van der Waals surface area contributed by atoms with Crippen molar-refractivity contribution < 1.29 is 39.9 Å². The molecule has 1 saturated carbocycles. The SMILES string of the molecule is CCCc1ccc(CCC2CCc3c(F)c(C4CCC(c5ccc(OC(F)(F)F)c(F)c5)CC4)c(F)c(F)c3C2)c(F)c1. The lowest BCUT2D eigenvalue weighted by atomic mass is 9.73. The Labute approximate surface area is 246 Å². The summed E-state index contributed by atoms with van der Waals surface area (Å²) in [7, 11) is 0. The van der Waals surface area contributed by atoms with Crippen LogP contribution in [0.4, 0.5) is 35.1 Å². The van der Waals surface area contributed by atoms with Crippen LogP contribution in [-0.2, 0) is 25.7 Å². The van der Waals surface area contributed by atoms with Crippen LogP contribution in [0.15, 0.2) is 36.4 Å². The van der Waals surface area contributed by atoms with Gasteiger partial charge in [0.2, 0.25) is 0 Å². The number of rotatable bonds is 8. The third kappa shape index (κ3) is 7.01. The van der Waals surface area contributed by atoms with Crippen LogP contribution in [0, 0.1) is 35.0 Å². The third-order valence-electron chi connectivity index (χ3n) is 9.12. The maximum Gasteiger partial charge on any atom is 0.573 e. The van der Waals surface area contributed by atoms with E-state index in [0.29, 0.717) is 56.1 Å². The molecule has 0 saturated heterocycles. The molecule has 0 aromatic heterocycles. The number of alkyl halides is 3. The topological polar surface area (TPSA) is 9.23 Å². The number of fused-ring (bicyclic) bond motifs is 1. The zero-order valence-corrected chi connectivity index (χ0v) is 23.9. The Balaban J connectivity index is 1.24. The fourth-order valence-electron chi connectivity index (χ4n) is 6.88. The van der Waals surface area contributed by atoms with E-state index in [4.69, 9.17) is 0 Å². The molecule has 232 valence electrons. The summed E-state index contributed by atoms with van der Waals surface area (Å²) in [6.07, 6.45) is 0.296. The molecule has 3 aromatic rings. The second-order valence-corrected chi connectivity index (χ2v) is 11.9. The predicted molar refractivity (Wildman–Crippen MR) is 148 cm³/mol. The van der Waals surface area contributed by atoms with Crippen LogP contribution < -0.4 is 4.74 Å². The van der Waals surface area contributed by atoms with E-state index in [-0.39, 0.29) is 47.2 Å². The van der Waals surface area contributed by atoms with E-state index in [2.05, 4.69) is 4.74 Å². The molecule has 1 fully saturated rings. The second kappa shape index (κ2) is 12.9. The van der Waals surface area contributed by atoms with Crippen LogP contribution in [0.1, 0.15) is 97.1 Å². The minimum Gasteiger partial charge on any atom is -0.403 e. The molecule has 3 aromatic carbocycles. The van der Waals surface area contributed by atoms with Crippen molar-refractivity contribution in [1.29, 1.82) is 0 Å². The molecule has 0 aliphatic heterocycles. The Bertz CT molecular complexity index is 1460. The predicted octanol–water partition coefficient (Wildman–Crippen LogP) is 10.4. The van der Waals surface area contributed by atoms with Crippen LogP contribution in [-0.4, -0.2) is 6.36 Å². The van der Waals surface area contributed by atoms with Gasteiger partial charge < -0.3 is 4.74 Å². The molecule has 1 unspecified atom stereocenters. The van der Waals surface area contributed by atoms with E-state index in [1.54, 1.807) is 12.1 Å². The van der Waals surface area contributed by atoms with E-state index >= 15 is 13.2 Å². The average Bonchev–Trinajstić information content (AvgIpc) is 2.96. The van der Waals surface area contributed by atoms with Crippen molar-refractivity contribution in [2.75, 3.05) is 0 Å². The van der Waals surface area contributed by atoms with E-state index in [1.165, 1.54) is 6.07 Å². The number of hydrogen-bond acceptors (Lipinski definition) is 1. The molecule has 0 bridgehead atoms. The molecule has 0 N–H and O–H groups in total. The molecule has 1 nitrogen and oxygen atoms in total. The molecule has 1 atom stereocenters. The molecule has 5 rings (SSSR count). The van der Waals surface area contributed by atoms with Crippen LogP contribution in [0.25, 0.3) is 0 Å². The summed E-state index contributed by atoms with van der Waals surface area (Å²) < 4.78 is 116. The largest absolute Gasteiger partial charge is 0.573 e. The fraction of sp³-hybridized carbons (Fsp3) is 0.471. The average molecular weight is 611 g/mol. The zero-order valence-electron chi connectivity index (χ0n) is 23.9. The van der Waals surface area contributed by atoms with Gasteiger partial charge in [0, 0.05) is 5.56 Å². The summed E-state index contributed by atoms with van der Waals surface area (Å²) in [5.41, 5.74) is 2.04. The number of aryl methyl sites for hydroxylation is 2. The molecule has 9 heteroatoms. The van der Waals surface area contributed by atoms with Crippen molar-refractivity contribution in [3.63, 3.8) is 0 Å². The van der Waals surface area contributed by atoms with Gasteiger partial charge in [-0.25, -0.2) is 22.0 Å². The number of hydrogen-bond donors (Lipinski definition) is 0. The minimum absolute atomic E-state index is 0.0230. The highest BCUT2D eigenvalue weighted by Gasteiger charge is 2.35. The first kappa shape index (κ1) is 31.3. The van der Waals surface area contributed by atoms with Gasteiger partial charge in [0.05, 0.1) is 0 Å². The van der Waals surface area contributed by atoms with Gasteiger partial charge in [-0.2, -0.15) is 0 Å². The van der Waals surface area contributed by atoms with Crippen molar-refractivity contribution in [2.24, 2.45) is 5.92 Å².